The summed E-state index contributed by atoms with van der Waals surface area (Å²) in [6, 6.07) is 0. The molecule has 0 radical (unpaired) electrons. The lowest BCUT2D eigenvalue weighted by Crippen LogP contribution is -2.41. The van der Waals surface area contributed by atoms with Crippen molar-refractivity contribution in [2.24, 2.45) is 0 Å². The molecule has 0 bridgehead atoms. The van der Waals surface area contributed by atoms with E-state index in [4.69, 9.17) is 4.52 Å². The predicted octanol–water partition coefficient (Wildman–Crippen LogP) is 9.27. The molecule has 0 rings (SSSR count). The zero-order chi connectivity index (χ0) is 25.5. The average Bonchev–Trinajstić information content (AvgIpc) is 2.77. The van der Waals surface area contributed by atoms with Gasteiger partial charge in [0, 0.05) is 0 Å². The molecule has 0 amide bonds. The maximum Gasteiger partial charge on any atom is 0.336 e. The Morgan fingerprint density at radius 1 is 0.706 bits per heavy atom. The minimum Gasteiger partial charge on any atom is -0.330 e. The standard InChI is InChI=1S/C29H60NO3P/c1-6-8-9-10-11-12-13-14-15-16-17-18-19-20-21-22-23-24-25-26-27-33-34(31,32)29(7-2)28-30(3,4)5/h17-18,29H,6-16,19-28H2,1-5H3/p+1/b18-17-. The fourth-order valence-electron chi connectivity index (χ4n) is 4.45. The van der Waals surface area contributed by atoms with Gasteiger partial charge in [0.2, 0.25) is 0 Å². The summed E-state index contributed by atoms with van der Waals surface area (Å²) < 4.78 is 18.7. The first-order chi connectivity index (χ1) is 16.2. The van der Waals surface area contributed by atoms with E-state index in [2.05, 4.69) is 40.2 Å². The van der Waals surface area contributed by atoms with Crippen molar-refractivity contribution in [1.82, 2.24) is 0 Å². The van der Waals surface area contributed by atoms with Crippen molar-refractivity contribution < 1.29 is 18.5 Å². The summed E-state index contributed by atoms with van der Waals surface area (Å²) in [5.41, 5.74) is -0.272. The Labute approximate surface area is 214 Å². The summed E-state index contributed by atoms with van der Waals surface area (Å²) in [5, 5.41) is 0. The lowest BCUT2D eigenvalue weighted by atomic mass is 10.1. The minimum atomic E-state index is -3.52. The Hall–Kier alpha value is -0.150. The Balaban J connectivity index is 3.47. The molecule has 5 heteroatoms. The number of nitrogens with zero attached hydrogens (tertiary/aromatic N) is 1. The third-order valence-corrected chi connectivity index (χ3v) is 8.63. The first-order valence-corrected chi connectivity index (χ1v) is 16.3. The van der Waals surface area contributed by atoms with Crippen molar-refractivity contribution in [3.63, 3.8) is 0 Å². The van der Waals surface area contributed by atoms with Crippen LogP contribution in [0.2, 0.25) is 0 Å². The molecule has 0 aliphatic carbocycles. The first-order valence-electron chi connectivity index (χ1n) is 14.7. The predicted molar refractivity (Wildman–Crippen MR) is 151 cm³/mol. The SMILES string of the molecule is CCCCCCCCCCC/C=C\CCCCCCCCCOP(=O)(O)C(CC)C[N+](C)(C)C. The highest BCUT2D eigenvalue weighted by atomic mass is 31.2. The van der Waals surface area contributed by atoms with Crippen LogP contribution >= 0.6 is 7.60 Å². The van der Waals surface area contributed by atoms with Crippen molar-refractivity contribution >= 4 is 7.60 Å². The largest absolute Gasteiger partial charge is 0.336 e. The Morgan fingerprint density at radius 3 is 1.53 bits per heavy atom. The summed E-state index contributed by atoms with van der Waals surface area (Å²) in [6.45, 7) is 5.33. The number of unbranched alkanes of at least 4 members (excludes halogenated alkanes) is 16. The van der Waals surface area contributed by atoms with E-state index >= 15 is 0 Å². The highest BCUT2D eigenvalue weighted by Gasteiger charge is 2.35. The van der Waals surface area contributed by atoms with E-state index in [1.807, 2.05) is 6.92 Å². The van der Waals surface area contributed by atoms with Crippen molar-refractivity contribution in [1.29, 1.82) is 0 Å². The molecule has 0 aliphatic rings. The summed E-state index contributed by atoms with van der Waals surface area (Å²) >= 11 is 0. The molecule has 0 aromatic carbocycles. The second-order valence-electron chi connectivity index (χ2n) is 11.3. The molecule has 0 spiro atoms. The van der Waals surface area contributed by atoms with Gasteiger partial charge in [-0.1, -0.05) is 109 Å². The van der Waals surface area contributed by atoms with Crippen LogP contribution < -0.4 is 0 Å². The van der Waals surface area contributed by atoms with Gasteiger partial charge in [0.25, 0.3) is 0 Å². The zero-order valence-electron chi connectivity index (χ0n) is 23.7. The van der Waals surface area contributed by atoms with Crippen molar-refractivity contribution in [2.45, 2.75) is 142 Å². The number of hydrogen-bond donors (Lipinski definition) is 1. The third kappa shape index (κ3) is 22.3. The Bertz CT molecular complexity index is 516. The molecular weight excluding hydrogens is 441 g/mol. The van der Waals surface area contributed by atoms with Gasteiger partial charge in [-0.25, -0.2) is 0 Å². The summed E-state index contributed by atoms with van der Waals surface area (Å²) in [6.07, 6.45) is 28.9. The van der Waals surface area contributed by atoms with Gasteiger partial charge in [-0.15, -0.1) is 0 Å². The van der Waals surface area contributed by atoms with Crippen LogP contribution in [0, 0.1) is 0 Å². The minimum absolute atomic E-state index is 0.272. The number of allylic oxidation sites excluding steroid dienone is 2. The van der Waals surface area contributed by atoms with E-state index in [1.165, 1.54) is 103 Å². The second-order valence-corrected chi connectivity index (χ2v) is 13.4. The molecular formula is C29H61NO3P+. The second kappa shape index (κ2) is 22.1. The Morgan fingerprint density at radius 2 is 1.12 bits per heavy atom. The van der Waals surface area contributed by atoms with Crippen LogP contribution in [0.5, 0.6) is 0 Å². The molecule has 2 atom stereocenters. The van der Waals surface area contributed by atoms with E-state index < -0.39 is 7.60 Å². The van der Waals surface area contributed by atoms with Gasteiger partial charge in [0.1, 0.15) is 5.66 Å². The van der Waals surface area contributed by atoms with Gasteiger partial charge >= 0.3 is 7.60 Å². The van der Waals surface area contributed by atoms with Crippen LogP contribution in [0.3, 0.4) is 0 Å². The molecule has 34 heavy (non-hydrogen) atoms. The van der Waals surface area contributed by atoms with E-state index in [1.54, 1.807) is 0 Å². The lowest BCUT2D eigenvalue weighted by molar-refractivity contribution is -0.870. The van der Waals surface area contributed by atoms with Crippen molar-refractivity contribution in [2.75, 3.05) is 34.3 Å². The molecule has 204 valence electrons. The van der Waals surface area contributed by atoms with Gasteiger partial charge in [-0.05, 0) is 38.5 Å². The summed E-state index contributed by atoms with van der Waals surface area (Å²) in [7, 11) is 2.64. The maximum absolute atomic E-state index is 12.5. The Kier molecular flexibility index (Phi) is 22.0. The number of rotatable bonds is 25. The maximum atomic E-state index is 12.5. The van der Waals surface area contributed by atoms with Crippen molar-refractivity contribution in [3.05, 3.63) is 12.2 Å². The molecule has 0 fully saturated rings. The molecule has 0 heterocycles. The molecule has 0 saturated heterocycles. The lowest BCUT2D eigenvalue weighted by Gasteiger charge is -2.30. The van der Waals surface area contributed by atoms with Crippen LogP contribution in [-0.4, -0.2) is 49.3 Å². The molecule has 0 aromatic rings. The molecule has 0 aromatic heterocycles. The van der Waals surface area contributed by atoms with Crippen LogP contribution in [0.4, 0.5) is 0 Å². The van der Waals surface area contributed by atoms with Gasteiger partial charge in [0.15, 0.2) is 0 Å². The highest BCUT2D eigenvalue weighted by Crippen LogP contribution is 2.49. The number of quaternary nitrogens is 1. The summed E-state index contributed by atoms with van der Waals surface area (Å²) in [5.74, 6) is 0. The van der Waals surface area contributed by atoms with Crippen LogP contribution in [-0.2, 0) is 9.09 Å². The van der Waals surface area contributed by atoms with Crippen molar-refractivity contribution in [3.8, 4) is 0 Å². The van der Waals surface area contributed by atoms with Gasteiger partial charge in [-0.2, -0.15) is 0 Å². The molecule has 2 unspecified atom stereocenters. The van der Waals surface area contributed by atoms with E-state index in [0.29, 0.717) is 24.1 Å². The fourth-order valence-corrected chi connectivity index (χ4v) is 6.21. The zero-order valence-corrected chi connectivity index (χ0v) is 24.6. The quantitative estimate of drug-likeness (QED) is 0.0585. The average molecular weight is 503 g/mol. The van der Waals surface area contributed by atoms with Gasteiger partial charge < -0.3 is 13.9 Å². The smallest absolute Gasteiger partial charge is 0.330 e. The fraction of sp³-hybridized carbons (Fsp3) is 0.931. The van der Waals surface area contributed by atoms with Gasteiger partial charge in [-0.3, -0.25) is 4.57 Å². The van der Waals surface area contributed by atoms with E-state index in [9.17, 15) is 9.46 Å². The van der Waals surface area contributed by atoms with Crippen LogP contribution in [0.25, 0.3) is 0 Å². The van der Waals surface area contributed by atoms with Crippen LogP contribution in [0.1, 0.15) is 136 Å². The molecule has 0 saturated carbocycles. The van der Waals surface area contributed by atoms with E-state index in [0.717, 1.165) is 12.8 Å². The molecule has 0 aliphatic heterocycles. The highest BCUT2D eigenvalue weighted by molar-refractivity contribution is 7.53. The first kappa shape index (κ1) is 33.8. The normalized spacial score (nSPS) is 15.1. The summed E-state index contributed by atoms with van der Waals surface area (Å²) in [4.78, 5) is 10.3. The van der Waals surface area contributed by atoms with Crippen LogP contribution in [0.15, 0.2) is 12.2 Å². The molecule has 4 nitrogen and oxygen atoms in total. The number of hydrogen-bond acceptors (Lipinski definition) is 2. The molecule has 1 N–H and O–H groups in total. The monoisotopic (exact) mass is 502 g/mol. The van der Waals surface area contributed by atoms with Gasteiger partial charge in [0.05, 0.1) is 34.3 Å². The van der Waals surface area contributed by atoms with E-state index in [-0.39, 0.29) is 5.66 Å². The third-order valence-electron chi connectivity index (χ3n) is 6.62. The topological polar surface area (TPSA) is 46.5 Å².